The lowest BCUT2D eigenvalue weighted by atomic mass is 10.0. The predicted molar refractivity (Wildman–Crippen MR) is 55.8 cm³/mol. The molecule has 1 aliphatic heterocycles. The maximum absolute atomic E-state index is 12.6. The number of hydrogen-bond acceptors (Lipinski definition) is 2. The summed E-state index contributed by atoms with van der Waals surface area (Å²) < 4.78 is 37.8. The molecule has 3 N–H and O–H groups in total. The van der Waals surface area contributed by atoms with Crippen LogP contribution in [-0.4, -0.2) is 6.54 Å². The fourth-order valence-corrected chi connectivity index (χ4v) is 2.01. The first-order valence-electron chi connectivity index (χ1n) is 5.18. The third kappa shape index (κ3) is 2.14. The molecule has 1 fully saturated rings. The normalized spacial score (nSPS) is 21.3. The van der Waals surface area contributed by atoms with E-state index in [1.54, 1.807) is 6.07 Å². The minimum absolute atomic E-state index is 0.0294. The van der Waals surface area contributed by atoms with Gasteiger partial charge in [0.1, 0.15) is 0 Å². The lowest BCUT2D eigenvalue weighted by molar-refractivity contribution is -0.137. The maximum atomic E-state index is 12.6. The monoisotopic (exact) mass is 230 g/mol. The Bertz CT molecular complexity index is 381. The number of hydrogen-bond donors (Lipinski definition) is 2. The average Bonchev–Trinajstić information content (AvgIpc) is 2.69. The lowest BCUT2D eigenvalue weighted by Gasteiger charge is -2.15. The molecule has 5 heteroatoms. The van der Waals surface area contributed by atoms with Crippen LogP contribution in [0.2, 0.25) is 0 Å². The molecule has 88 valence electrons. The molecule has 2 nitrogen and oxygen atoms in total. The first-order valence-corrected chi connectivity index (χ1v) is 5.18. The maximum Gasteiger partial charge on any atom is 0.418 e. The molecule has 1 saturated heterocycles. The zero-order chi connectivity index (χ0) is 11.8. The molecule has 1 aromatic rings. The number of alkyl halides is 3. The largest absolute Gasteiger partial charge is 0.418 e. The summed E-state index contributed by atoms with van der Waals surface area (Å²) in [6.07, 6.45) is -2.50. The summed E-state index contributed by atoms with van der Waals surface area (Å²) in [5.41, 5.74) is 5.05. The van der Waals surface area contributed by atoms with Crippen molar-refractivity contribution in [1.82, 2.24) is 5.32 Å². The predicted octanol–water partition coefficient (Wildman–Crippen LogP) is 2.71. The molecule has 1 aliphatic rings. The van der Waals surface area contributed by atoms with E-state index < -0.39 is 11.7 Å². The van der Waals surface area contributed by atoms with Gasteiger partial charge in [0.15, 0.2) is 0 Å². The SMILES string of the molecule is Nc1ccc([C@@H]2CCCN2)cc1C(F)(F)F. The van der Waals surface area contributed by atoms with Crippen molar-refractivity contribution in [2.75, 3.05) is 12.3 Å². The highest BCUT2D eigenvalue weighted by Crippen LogP contribution is 2.36. The number of halogens is 3. The third-order valence-corrected chi connectivity index (χ3v) is 2.85. The molecule has 0 aromatic heterocycles. The van der Waals surface area contributed by atoms with E-state index in [1.165, 1.54) is 6.07 Å². The summed E-state index contributed by atoms with van der Waals surface area (Å²) in [5.74, 6) is 0. The minimum Gasteiger partial charge on any atom is -0.398 e. The van der Waals surface area contributed by atoms with Gasteiger partial charge in [-0.05, 0) is 37.1 Å². The molecule has 1 aromatic carbocycles. The summed E-state index contributed by atoms with van der Waals surface area (Å²) in [7, 11) is 0. The van der Waals surface area contributed by atoms with E-state index in [4.69, 9.17) is 5.73 Å². The van der Waals surface area contributed by atoms with Crippen molar-refractivity contribution in [2.45, 2.75) is 25.1 Å². The molecule has 0 spiro atoms. The van der Waals surface area contributed by atoms with Gasteiger partial charge in [-0.1, -0.05) is 6.07 Å². The van der Waals surface area contributed by atoms with Crippen LogP contribution in [0.3, 0.4) is 0 Å². The highest BCUT2D eigenvalue weighted by Gasteiger charge is 2.33. The van der Waals surface area contributed by atoms with Crippen LogP contribution < -0.4 is 11.1 Å². The van der Waals surface area contributed by atoms with E-state index in [2.05, 4.69) is 5.32 Å². The zero-order valence-corrected chi connectivity index (χ0v) is 8.64. The van der Waals surface area contributed by atoms with E-state index in [0.717, 1.165) is 25.5 Å². The van der Waals surface area contributed by atoms with Gasteiger partial charge in [-0.25, -0.2) is 0 Å². The smallest absolute Gasteiger partial charge is 0.398 e. The van der Waals surface area contributed by atoms with Gasteiger partial charge in [0.25, 0.3) is 0 Å². The Morgan fingerprint density at radius 2 is 2.06 bits per heavy atom. The summed E-state index contributed by atoms with van der Waals surface area (Å²) in [6.45, 7) is 0.858. The van der Waals surface area contributed by atoms with Gasteiger partial charge >= 0.3 is 6.18 Å². The molecule has 2 rings (SSSR count). The number of rotatable bonds is 1. The Labute approximate surface area is 91.6 Å². The summed E-state index contributed by atoms with van der Waals surface area (Å²) in [6, 6.07) is 4.17. The van der Waals surface area contributed by atoms with Gasteiger partial charge < -0.3 is 11.1 Å². The van der Waals surface area contributed by atoms with Crippen LogP contribution in [0, 0.1) is 0 Å². The van der Waals surface area contributed by atoms with Crippen LogP contribution >= 0.6 is 0 Å². The second-order valence-electron chi connectivity index (χ2n) is 3.99. The molecule has 1 heterocycles. The summed E-state index contributed by atoms with van der Waals surface area (Å²) >= 11 is 0. The second-order valence-corrected chi connectivity index (χ2v) is 3.99. The molecular formula is C11H13F3N2. The molecule has 0 unspecified atom stereocenters. The Hall–Kier alpha value is -1.23. The average molecular weight is 230 g/mol. The molecule has 0 radical (unpaired) electrons. The van der Waals surface area contributed by atoms with Gasteiger partial charge in [-0.3, -0.25) is 0 Å². The molecule has 16 heavy (non-hydrogen) atoms. The van der Waals surface area contributed by atoms with Crippen LogP contribution in [0.5, 0.6) is 0 Å². The fourth-order valence-electron chi connectivity index (χ4n) is 2.01. The van der Waals surface area contributed by atoms with E-state index in [9.17, 15) is 13.2 Å². The molecule has 0 amide bonds. The zero-order valence-electron chi connectivity index (χ0n) is 8.64. The van der Waals surface area contributed by atoms with Crippen LogP contribution in [0.25, 0.3) is 0 Å². The molecular weight excluding hydrogens is 217 g/mol. The van der Waals surface area contributed by atoms with Crippen molar-refractivity contribution in [3.63, 3.8) is 0 Å². The Kier molecular flexibility index (Phi) is 2.80. The number of nitrogens with one attached hydrogen (secondary N) is 1. The third-order valence-electron chi connectivity index (χ3n) is 2.85. The minimum atomic E-state index is -4.38. The van der Waals surface area contributed by atoms with Gasteiger partial charge in [0, 0.05) is 11.7 Å². The number of nitrogen functional groups attached to an aromatic ring is 1. The lowest BCUT2D eigenvalue weighted by Crippen LogP contribution is -2.15. The highest BCUT2D eigenvalue weighted by molar-refractivity contribution is 5.50. The van der Waals surface area contributed by atoms with Gasteiger partial charge in [0.2, 0.25) is 0 Å². The Morgan fingerprint density at radius 1 is 1.31 bits per heavy atom. The van der Waals surface area contributed by atoms with E-state index in [1.807, 2.05) is 0 Å². The standard InChI is InChI=1S/C11H13F3N2/c12-11(13,14)8-6-7(3-4-9(8)15)10-2-1-5-16-10/h3-4,6,10,16H,1-2,5,15H2/t10-/m0/s1. The van der Waals surface area contributed by atoms with Crippen molar-refractivity contribution in [3.05, 3.63) is 29.3 Å². The number of nitrogens with two attached hydrogens (primary N) is 1. The van der Waals surface area contributed by atoms with Gasteiger partial charge in [-0.2, -0.15) is 13.2 Å². The first-order chi connectivity index (χ1) is 7.48. The Morgan fingerprint density at radius 3 is 2.62 bits per heavy atom. The van der Waals surface area contributed by atoms with Crippen molar-refractivity contribution in [2.24, 2.45) is 0 Å². The van der Waals surface area contributed by atoms with E-state index in [0.29, 0.717) is 5.56 Å². The van der Waals surface area contributed by atoms with Crippen molar-refractivity contribution in [3.8, 4) is 0 Å². The topological polar surface area (TPSA) is 38.0 Å². The fraction of sp³-hybridized carbons (Fsp3) is 0.455. The second kappa shape index (κ2) is 3.97. The van der Waals surface area contributed by atoms with Crippen molar-refractivity contribution in [1.29, 1.82) is 0 Å². The molecule has 0 saturated carbocycles. The first kappa shape index (κ1) is 11.3. The number of benzene rings is 1. The van der Waals surface area contributed by atoms with E-state index in [-0.39, 0.29) is 11.7 Å². The quantitative estimate of drug-likeness (QED) is 0.728. The number of anilines is 1. The molecule has 0 aliphatic carbocycles. The van der Waals surface area contributed by atoms with Crippen LogP contribution in [0.4, 0.5) is 18.9 Å². The molecule has 0 bridgehead atoms. The Balaban J connectivity index is 2.35. The van der Waals surface area contributed by atoms with E-state index >= 15 is 0 Å². The summed E-state index contributed by atoms with van der Waals surface area (Å²) in [4.78, 5) is 0. The molecule has 1 atom stereocenters. The van der Waals surface area contributed by atoms with Crippen molar-refractivity contribution < 1.29 is 13.2 Å². The van der Waals surface area contributed by atoms with Crippen molar-refractivity contribution >= 4 is 5.69 Å². The van der Waals surface area contributed by atoms with Gasteiger partial charge in [0.05, 0.1) is 5.56 Å². The summed E-state index contributed by atoms with van der Waals surface area (Å²) in [5, 5.41) is 3.16. The van der Waals surface area contributed by atoms with Gasteiger partial charge in [-0.15, -0.1) is 0 Å². The van der Waals surface area contributed by atoms with Crippen LogP contribution in [0.1, 0.15) is 30.0 Å². The van der Waals surface area contributed by atoms with Crippen LogP contribution in [-0.2, 0) is 6.18 Å². The van der Waals surface area contributed by atoms with Crippen LogP contribution in [0.15, 0.2) is 18.2 Å². The highest BCUT2D eigenvalue weighted by atomic mass is 19.4.